The van der Waals surface area contributed by atoms with Crippen molar-refractivity contribution in [2.24, 2.45) is 0 Å². The predicted octanol–water partition coefficient (Wildman–Crippen LogP) is 1.89. The Morgan fingerprint density at radius 2 is 2.14 bits per heavy atom. The summed E-state index contributed by atoms with van der Waals surface area (Å²) in [5, 5.41) is 0. The van der Waals surface area contributed by atoms with Gasteiger partial charge < -0.3 is 9.40 Å². The van der Waals surface area contributed by atoms with E-state index in [0.717, 1.165) is 4.88 Å². The first-order valence-electron chi connectivity index (χ1n) is 6.19. The predicted molar refractivity (Wildman–Crippen MR) is 84.3 cm³/mol. The topological polar surface area (TPSA) is 63.1 Å². The molecule has 0 saturated carbocycles. The zero-order valence-electron chi connectivity index (χ0n) is 11.1. The molecule has 0 amide bonds. The van der Waals surface area contributed by atoms with Gasteiger partial charge in [0.1, 0.15) is 0 Å². The molecule has 0 unspecified atom stereocenters. The number of hydrogen-bond acceptors (Lipinski definition) is 5. The van der Waals surface area contributed by atoms with Gasteiger partial charge in [-0.05, 0) is 37.3 Å². The Hall–Kier alpha value is -2.18. The monoisotopic (exact) mass is 317 g/mol. The highest BCUT2D eigenvalue weighted by Crippen LogP contribution is 2.15. The molecular formula is C15H11NO3S2. The van der Waals surface area contributed by atoms with Crippen LogP contribution >= 0.6 is 22.7 Å². The molecule has 3 rings (SSSR count). The summed E-state index contributed by atoms with van der Waals surface area (Å²) in [6.45, 7) is 2.02. The number of aromatic amines is 1. The van der Waals surface area contributed by atoms with Gasteiger partial charge in [-0.25, -0.2) is 0 Å². The zero-order valence-corrected chi connectivity index (χ0v) is 12.7. The number of aryl methyl sites for hydroxylation is 1. The molecule has 0 aliphatic rings. The van der Waals surface area contributed by atoms with Gasteiger partial charge >= 0.3 is 0 Å². The van der Waals surface area contributed by atoms with Crippen molar-refractivity contribution >= 4 is 40.6 Å². The third-order valence-corrected chi connectivity index (χ3v) is 4.65. The molecule has 3 aromatic heterocycles. The van der Waals surface area contributed by atoms with E-state index < -0.39 is 0 Å². The van der Waals surface area contributed by atoms with E-state index in [1.54, 1.807) is 23.5 Å². The van der Waals surface area contributed by atoms with Crippen LogP contribution in [0.4, 0.5) is 0 Å². The number of carbonyl (C=O) groups excluding carboxylic acids is 1. The summed E-state index contributed by atoms with van der Waals surface area (Å²) >= 11 is 2.87. The van der Waals surface area contributed by atoms with Gasteiger partial charge in [0.05, 0.1) is 15.5 Å². The van der Waals surface area contributed by atoms with E-state index >= 15 is 0 Å². The van der Waals surface area contributed by atoms with E-state index in [0.29, 0.717) is 9.20 Å². The van der Waals surface area contributed by atoms with Crippen LogP contribution in [-0.4, -0.2) is 10.8 Å². The molecule has 0 aromatic carbocycles. The fraction of sp³-hybridized carbons (Fsp3) is 0.0667. The molecule has 6 heteroatoms. The third kappa shape index (κ3) is 3.12. The molecule has 0 atom stereocenters. The average Bonchev–Trinajstić information content (AvgIpc) is 3.14. The summed E-state index contributed by atoms with van der Waals surface area (Å²) in [6, 6.07) is 7.21. The number of rotatable bonds is 3. The van der Waals surface area contributed by atoms with Gasteiger partial charge in [0.15, 0.2) is 5.76 Å². The number of nitrogens with one attached hydrogen (secondary N) is 1. The highest BCUT2D eigenvalue weighted by atomic mass is 32.1. The standard InChI is InChI=1S/C15H11NO3S2/c1-9-4-5-10(20-9)7-13-15(18)16-14(21-13)8-11(17)12-3-2-6-19-12/h2-8H,1H3,(H,16,18)/b13-7-,14-8-. The van der Waals surface area contributed by atoms with Gasteiger partial charge in [-0.2, -0.15) is 0 Å². The van der Waals surface area contributed by atoms with E-state index in [9.17, 15) is 9.59 Å². The molecule has 0 fully saturated rings. The van der Waals surface area contributed by atoms with Gasteiger partial charge in [0.2, 0.25) is 5.78 Å². The quantitative estimate of drug-likeness (QED) is 0.750. The fourth-order valence-electron chi connectivity index (χ4n) is 1.79. The van der Waals surface area contributed by atoms with Crippen molar-refractivity contribution in [1.82, 2.24) is 4.98 Å². The number of H-pyrrole nitrogens is 1. The van der Waals surface area contributed by atoms with E-state index in [-0.39, 0.29) is 17.1 Å². The lowest BCUT2D eigenvalue weighted by molar-refractivity contribution is 0.103. The summed E-state index contributed by atoms with van der Waals surface area (Å²) in [5.41, 5.74) is -0.190. The molecule has 3 aromatic rings. The molecule has 1 N–H and O–H groups in total. The molecule has 0 bridgehead atoms. The van der Waals surface area contributed by atoms with Crippen molar-refractivity contribution < 1.29 is 9.21 Å². The molecule has 0 saturated heterocycles. The van der Waals surface area contributed by atoms with Crippen LogP contribution in [0.25, 0.3) is 12.2 Å². The van der Waals surface area contributed by atoms with Gasteiger partial charge in [-0.1, -0.05) is 0 Å². The van der Waals surface area contributed by atoms with E-state index in [4.69, 9.17) is 4.42 Å². The summed E-state index contributed by atoms with van der Waals surface area (Å²) in [4.78, 5) is 28.7. The largest absolute Gasteiger partial charge is 0.461 e. The average molecular weight is 317 g/mol. The maximum Gasteiger partial charge on any atom is 0.266 e. The minimum Gasteiger partial charge on any atom is -0.461 e. The van der Waals surface area contributed by atoms with Crippen LogP contribution in [0.2, 0.25) is 0 Å². The Kier molecular flexibility index (Phi) is 3.72. The number of Topliss-reactive ketones (excluding diaryl/α,β-unsaturated/α-hetero) is 1. The lowest BCUT2D eigenvalue weighted by Gasteiger charge is -1.84. The summed E-state index contributed by atoms with van der Waals surface area (Å²) < 4.78 is 6.12. The summed E-state index contributed by atoms with van der Waals surface area (Å²) in [7, 11) is 0. The Labute approximate surface area is 127 Å². The highest BCUT2D eigenvalue weighted by Gasteiger charge is 2.05. The normalized spacial score (nSPS) is 13.0. The fourth-order valence-corrected chi connectivity index (χ4v) is 3.57. The summed E-state index contributed by atoms with van der Waals surface area (Å²) in [6.07, 6.45) is 4.65. The molecule has 0 spiro atoms. The smallest absolute Gasteiger partial charge is 0.266 e. The summed E-state index contributed by atoms with van der Waals surface area (Å²) in [5.74, 6) is -0.0142. The molecule has 3 heterocycles. The van der Waals surface area contributed by atoms with Crippen molar-refractivity contribution in [2.45, 2.75) is 6.92 Å². The van der Waals surface area contributed by atoms with E-state index in [1.165, 1.54) is 28.6 Å². The molecule has 0 aliphatic heterocycles. The minimum atomic E-state index is -0.268. The number of aromatic nitrogens is 1. The molecule has 21 heavy (non-hydrogen) atoms. The van der Waals surface area contributed by atoms with Crippen LogP contribution < -0.4 is 14.8 Å². The van der Waals surface area contributed by atoms with E-state index in [2.05, 4.69) is 4.98 Å². The highest BCUT2D eigenvalue weighted by molar-refractivity contribution is 7.13. The maximum absolute atomic E-state index is 11.9. The van der Waals surface area contributed by atoms with Gasteiger partial charge in [-0.15, -0.1) is 22.7 Å². The molecular weight excluding hydrogens is 306 g/mol. The van der Waals surface area contributed by atoms with Crippen LogP contribution in [0.15, 0.2) is 39.7 Å². The van der Waals surface area contributed by atoms with Crippen molar-refractivity contribution in [2.75, 3.05) is 0 Å². The SMILES string of the molecule is Cc1ccc(/C=c2\s/c(=C\C(=O)c3ccco3)[nH]c2=O)s1. The second kappa shape index (κ2) is 5.67. The van der Waals surface area contributed by atoms with Crippen molar-refractivity contribution in [3.8, 4) is 0 Å². The van der Waals surface area contributed by atoms with Crippen molar-refractivity contribution in [3.63, 3.8) is 0 Å². The third-order valence-electron chi connectivity index (χ3n) is 2.74. The Balaban J connectivity index is 2.00. The number of hydrogen-bond donors (Lipinski definition) is 1. The van der Waals surface area contributed by atoms with Crippen LogP contribution in [0.5, 0.6) is 0 Å². The van der Waals surface area contributed by atoms with Crippen LogP contribution in [0.3, 0.4) is 0 Å². The Morgan fingerprint density at radius 1 is 1.29 bits per heavy atom. The van der Waals surface area contributed by atoms with E-state index in [1.807, 2.05) is 25.1 Å². The Bertz CT molecular complexity index is 942. The van der Waals surface area contributed by atoms with Gasteiger partial charge in [0, 0.05) is 15.8 Å². The van der Waals surface area contributed by atoms with Gasteiger partial charge in [-0.3, -0.25) is 9.59 Å². The van der Waals surface area contributed by atoms with Crippen molar-refractivity contribution in [3.05, 3.63) is 65.6 Å². The number of carbonyl (C=O) groups is 1. The first kappa shape index (κ1) is 13.8. The number of thiophene rings is 1. The second-order valence-electron chi connectivity index (χ2n) is 4.36. The van der Waals surface area contributed by atoms with Crippen LogP contribution in [-0.2, 0) is 0 Å². The number of ketones is 1. The van der Waals surface area contributed by atoms with Crippen LogP contribution in [0, 0.1) is 6.92 Å². The zero-order chi connectivity index (χ0) is 14.8. The number of furan rings is 1. The number of thiazole rings is 1. The maximum atomic E-state index is 11.9. The molecule has 0 radical (unpaired) electrons. The van der Waals surface area contributed by atoms with Crippen LogP contribution in [0.1, 0.15) is 20.3 Å². The first-order valence-corrected chi connectivity index (χ1v) is 7.82. The lowest BCUT2D eigenvalue weighted by atomic mass is 10.3. The Morgan fingerprint density at radius 3 is 2.81 bits per heavy atom. The minimum absolute atomic E-state index is 0.190. The first-order chi connectivity index (χ1) is 10.1. The molecule has 4 nitrogen and oxygen atoms in total. The molecule has 106 valence electrons. The van der Waals surface area contributed by atoms with Gasteiger partial charge in [0.25, 0.3) is 5.56 Å². The second-order valence-corrected chi connectivity index (χ2v) is 6.77. The lowest BCUT2D eigenvalue weighted by Crippen LogP contribution is -2.19. The van der Waals surface area contributed by atoms with Crippen molar-refractivity contribution in [1.29, 1.82) is 0 Å². The molecule has 0 aliphatic carbocycles.